The van der Waals surface area contributed by atoms with Gasteiger partial charge >= 0.3 is 0 Å². The number of sulfonamides is 1. The quantitative estimate of drug-likeness (QED) is 0.719. The predicted molar refractivity (Wildman–Crippen MR) is 103 cm³/mol. The van der Waals surface area contributed by atoms with Gasteiger partial charge in [0, 0.05) is 18.2 Å². The second-order valence-electron chi connectivity index (χ2n) is 6.17. The largest absolute Gasteiger partial charge is 0.493 e. The number of carbonyl (C=O) groups excluding carboxylic acids is 1. The number of rotatable bonds is 8. The Labute approximate surface area is 159 Å². The number of ether oxygens (including phenoxy) is 2. The maximum atomic E-state index is 12.3. The molecule has 7 nitrogen and oxygen atoms in total. The third-order valence-electron chi connectivity index (χ3n) is 3.72. The summed E-state index contributed by atoms with van der Waals surface area (Å²) in [5.41, 5.74) is 1.22. The molecule has 2 aromatic carbocycles. The van der Waals surface area contributed by atoms with E-state index in [1.54, 1.807) is 40.2 Å². The lowest BCUT2D eigenvalue weighted by molar-refractivity contribution is 0.0950. The summed E-state index contributed by atoms with van der Waals surface area (Å²) < 4.78 is 37.1. The van der Waals surface area contributed by atoms with Crippen LogP contribution in [0, 0.1) is 0 Å². The summed E-state index contributed by atoms with van der Waals surface area (Å²) in [5, 5.41) is 2.79. The molecular weight excluding hydrogens is 368 g/mol. The van der Waals surface area contributed by atoms with Crippen molar-refractivity contribution in [3.05, 3.63) is 53.6 Å². The number of nitrogens with one attached hydrogen (secondary N) is 2. The Balaban J connectivity index is 2.04. The van der Waals surface area contributed by atoms with Crippen molar-refractivity contribution in [1.82, 2.24) is 10.0 Å². The van der Waals surface area contributed by atoms with Crippen LogP contribution < -0.4 is 19.5 Å². The Morgan fingerprint density at radius 3 is 2.19 bits per heavy atom. The lowest BCUT2D eigenvalue weighted by atomic mass is 10.1. The normalized spacial score (nSPS) is 11.3. The van der Waals surface area contributed by atoms with Gasteiger partial charge in [-0.1, -0.05) is 6.07 Å². The van der Waals surface area contributed by atoms with Gasteiger partial charge in [-0.05, 0) is 55.8 Å². The fraction of sp³-hybridized carbons (Fsp3) is 0.316. The molecule has 0 heterocycles. The van der Waals surface area contributed by atoms with Crippen molar-refractivity contribution in [2.24, 2.45) is 0 Å². The summed E-state index contributed by atoms with van der Waals surface area (Å²) in [5.74, 6) is 0.890. The van der Waals surface area contributed by atoms with Crippen LogP contribution in [0.5, 0.6) is 11.5 Å². The minimum absolute atomic E-state index is 0.118. The minimum Gasteiger partial charge on any atom is -0.493 e. The third-order valence-corrected chi connectivity index (χ3v) is 5.39. The highest BCUT2D eigenvalue weighted by atomic mass is 32.2. The number of benzene rings is 2. The smallest absolute Gasteiger partial charge is 0.251 e. The summed E-state index contributed by atoms with van der Waals surface area (Å²) in [6.45, 7) is 3.79. The van der Waals surface area contributed by atoms with Crippen LogP contribution in [0.15, 0.2) is 47.4 Å². The van der Waals surface area contributed by atoms with E-state index in [2.05, 4.69) is 10.0 Å². The fourth-order valence-electron chi connectivity index (χ4n) is 2.44. The lowest BCUT2D eigenvalue weighted by Gasteiger charge is -2.11. The highest BCUT2D eigenvalue weighted by Gasteiger charge is 2.16. The van der Waals surface area contributed by atoms with Gasteiger partial charge in [-0.15, -0.1) is 0 Å². The van der Waals surface area contributed by atoms with E-state index in [0.717, 1.165) is 5.56 Å². The number of hydrogen-bond acceptors (Lipinski definition) is 5. The topological polar surface area (TPSA) is 93.7 Å². The molecule has 0 fully saturated rings. The molecule has 146 valence electrons. The van der Waals surface area contributed by atoms with Crippen molar-refractivity contribution >= 4 is 15.9 Å². The van der Waals surface area contributed by atoms with Crippen LogP contribution in [0.25, 0.3) is 0 Å². The predicted octanol–water partition coefficient (Wildman–Crippen LogP) is 2.32. The average Bonchev–Trinajstić information content (AvgIpc) is 2.64. The summed E-state index contributed by atoms with van der Waals surface area (Å²) in [7, 11) is -0.478. The van der Waals surface area contributed by atoms with Crippen LogP contribution in [0.1, 0.15) is 29.8 Å². The Bertz CT molecular complexity index is 893. The Morgan fingerprint density at radius 1 is 1.00 bits per heavy atom. The minimum atomic E-state index is -3.58. The van der Waals surface area contributed by atoms with Gasteiger partial charge in [0.15, 0.2) is 11.5 Å². The summed E-state index contributed by atoms with van der Waals surface area (Å²) in [6.07, 6.45) is 0. The van der Waals surface area contributed by atoms with Gasteiger partial charge < -0.3 is 14.8 Å². The molecule has 2 aromatic rings. The molecule has 0 atom stereocenters. The molecule has 0 spiro atoms. The van der Waals surface area contributed by atoms with Gasteiger partial charge in [0.1, 0.15) is 0 Å². The zero-order valence-electron chi connectivity index (χ0n) is 15.8. The maximum absolute atomic E-state index is 12.3. The molecule has 0 saturated carbocycles. The van der Waals surface area contributed by atoms with Crippen molar-refractivity contribution in [1.29, 1.82) is 0 Å². The van der Waals surface area contributed by atoms with E-state index in [1.807, 2.05) is 6.07 Å². The number of amides is 1. The fourth-order valence-corrected chi connectivity index (χ4v) is 3.69. The molecule has 0 bridgehead atoms. The van der Waals surface area contributed by atoms with Gasteiger partial charge in [-0.25, -0.2) is 13.1 Å². The first-order chi connectivity index (χ1) is 12.8. The first-order valence-electron chi connectivity index (χ1n) is 8.38. The molecule has 8 heteroatoms. The van der Waals surface area contributed by atoms with Crippen LogP contribution in [-0.4, -0.2) is 34.6 Å². The second-order valence-corrected chi connectivity index (χ2v) is 7.89. The number of methoxy groups -OCH3 is 2. The first-order valence-corrected chi connectivity index (χ1v) is 9.86. The second kappa shape index (κ2) is 8.88. The molecule has 0 aromatic heterocycles. The molecule has 2 N–H and O–H groups in total. The molecular formula is C19H24N2O5S. The summed E-state index contributed by atoms with van der Waals surface area (Å²) >= 11 is 0. The van der Waals surface area contributed by atoms with Crippen LogP contribution in [-0.2, 0) is 16.6 Å². The summed E-state index contributed by atoms with van der Waals surface area (Å²) in [4.78, 5) is 12.4. The molecule has 0 aliphatic heterocycles. The van der Waals surface area contributed by atoms with E-state index >= 15 is 0 Å². The van der Waals surface area contributed by atoms with E-state index in [4.69, 9.17) is 9.47 Å². The maximum Gasteiger partial charge on any atom is 0.251 e. The molecule has 1 amide bonds. The van der Waals surface area contributed by atoms with E-state index in [9.17, 15) is 13.2 Å². The monoisotopic (exact) mass is 392 g/mol. The molecule has 0 unspecified atom stereocenters. The van der Waals surface area contributed by atoms with E-state index in [0.29, 0.717) is 23.6 Å². The van der Waals surface area contributed by atoms with Crippen molar-refractivity contribution < 1.29 is 22.7 Å². The molecule has 27 heavy (non-hydrogen) atoms. The highest BCUT2D eigenvalue weighted by Crippen LogP contribution is 2.27. The van der Waals surface area contributed by atoms with Crippen molar-refractivity contribution in [2.75, 3.05) is 14.2 Å². The van der Waals surface area contributed by atoms with Crippen LogP contribution in [0.2, 0.25) is 0 Å². The van der Waals surface area contributed by atoms with Crippen molar-refractivity contribution in [3.8, 4) is 11.5 Å². The van der Waals surface area contributed by atoms with Crippen LogP contribution in [0.4, 0.5) is 0 Å². The van der Waals surface area contributed by atoms with Crippen LogP contribution in [0.3, 0.4) is 0 Å². The van der Waals surface area contributed by atoms with Crippen molar-refractivity contribution in [2.45, 2.75) is 31.3 Å². The lowest BCUT2D eigenvalue weighted by Crippen LogP contribution is -2.30. The number of carbonyl (C=O) groups is 1. The van der Waals surface area contributed by atoms with Gasteiger partial charge in [-0.3, -0.25) is 4.79 Å². The first kappa shape index (κ1) is 20.7. The zero-order valence-corrected chi connectivity index (χ0v) is 16.6. The molecule has 0 saturated heterocycles. The van der Waals surface area contributed by atoms with E-state index < -0.39 is 10.0 Å². The van der Waals surface area contributed by atoms with E-state index in [-0.39, 0.29) is 16.8 Å². The van der Waals surface area contributed by atoms with Gasteiger partial charge in [-0.2, -0.15) is 0 Å². The highest BCUT2D eigenvalue weighted by molar-refractivity contribution is 7.89. The zero-order chi connectivity index (χ0) is 20.0. The Morgan fingerprint density at radius 2 is 1.63 bits per heavy atom. The Kier molecular flexibility index (Phi) is 6.81. The van der Waals surface area contributed by atoms with Crippen LogP contribution >= 0.6 is 0 Å². The van der Waals surface area contributed by atoms with Gasteiger partial charge in [0.25, 0.3) is 5.91 Å². The molecule has 0 aliphatic carbocycles. The average molecular weight is 392 g/mol. The molecule has 0 radical (unpaired) electrons. The van der Waals surface area contributed by atoms with Crippen molar-refractivity contribution in [3.63, 3.8) is 0 Å². The van der Waals surface area contributed by atoms with Gasteiger partial charge in [0.05, 0.1) is 19.1 Å². The SMILES string of the molecule is COc1ccc(CNC(=O)c2ccc(S(=O)(=O)NC(C)C)cc2)cc1OC. The summed E-state index contributed by atoms with van der Waals surface area (Å²) in [6, 6.07) is 11.0. The van der Waals surface area contributed by atoms with Gasteiger partial charge in [0.2, 0.25) is 10.0 Å². The Hall–Kier alpha value is -2.58. The molecule has 0 aliphatic rings. The number of hydrogen-bond donors (Lipinski definition) is 2. The third kappa shape index (κ3) is 5.45. The standard InChI is InChI=1S/C19H24N2O5S/c1-13(2)21-27(23,24)16-8-6-15(7-9-16)19(22)20-12-14-5-10-17(25-3)18(11-14)26-4/h5-11,13,21H,12H2,1-4H3,(H,20,22). The van der Waals surface area contributed by atoms with E-state index in [1.165, 1.54) is 24.3 Å². The molecule has 2 rings (SSSR count).